The summed E-state index contributed by atoms with van der Waals surface area (Å²) in [5.74, 6) is 0.383. The second kappa shape index (κ2) is 3.83. The quantitative estimate of drug-likeness (QED) is 0.829. The summed E-state index contributed by atoms with van der Waals surface area (Å²) in [6.07, 6.45) is 0.972. The van der Waals surface area contributed by atoms with Gasteiger partial charge in [0.15, 0.2) is 5.78 Å². The highest BCUT2D eigenvalue weighted by Crippen LogP contribution is 2.53. The van der Waals surface area contributed by atoms with Crippen LogP contribution in [0.5, 0.6) is 0 Å². The van der Waals surface area contributed by atoms with Crippen LogP contribution in [-0.2, 0) is 6.54 Å². The zero-order valence-corrected chi connectivity index (χ0v) is 11.5. The third-order valence-electron chi connectivity index (χ3n) is 4.22. The zero-order chi connectivity index (χ0) is 13.8. The Bertz CT molecular complexity index is 578. The van der Waals surface area contributed by atoms with Crippen molar-refractivity contribution in [1.29, 1.82) is 0 Å². The topological polar surface area (TPSA) is 49.4 Å². The average molecular weight is 258 g/mol. The number of hydrogen-bond donors (Lipinski definition) is 1. The van der Waals surface area contributed by atoms with Crippen LogP contribution < -0.4 is 5.32 Å². The Morgan fingerprint density at radius 1 is 1.42 bits per heavy atom. The van der Waals surface area contributed by atoms with Crippen molar-refractivity contribution in [3.8, 4) is 0 Å². The number of carbonyl (C=O) groups excluding carboxylic acids is 2. The molecule has 0 saturated heterocycles. The number of anilines is 1. The number of amides is 2. The standard InChI is InChI=1S/C15H18N2O2/c1-15(2)7-11(15)13(18)9-4-5-12-10(6-9)8-17(3)14(19)16-12/h4-6,11H,7-8H2,1-3H3,(H,16,19). The Hall–Kier alpha value is -1.84. The summed E-state index contributed by atoms with van der Waals surface area (Å²) in [6, 6.07) is 5.47. The van der Waals surface area contributed by atoms with E-state index < -0.39 is 0 Å². The molecule has 4 heteroatoms. The van der Waals surface area contributed by atoms with E-state index in [1.165, 1.54) is 0 Å². The maximum absolute atomic E-state index is 12.4. The molecule has 1 atom stereocenters. The van der Waals surface area contributed by atoms with Crippen molar-refractivity contribution in [2.45, 2.75) is 26.8 Å². The van der Waals surface area contributed by atoms with Gasteiger partial charge in [-0.25, -0.2) is 4.79 Å². The first-order chi connectivity index (χ1) is 8.88. The number of ketones is 1. The third-order valence-corrected chi connectivity index (χ3v) is 4.22. The summed E-state index contributed by atoms with van der Waals surface area (Å²) in [6.45, 7) is 4.81. The molecule has 1 unspecified atom stereocenters. The molecule has 1 aromatic carbocycles. The predicted molar refractivity (Wildman–Crippen MR) is 73.1 cm³/mol. The lowest BCUT2D eigenvalue weighted by atomic mass is 9.98. The van der Waals surface area contributed by atoms with Crippen molar-refractivity contribution < 1.29 is 9.59 Å². The van der Waals surface area contributed by atoms with E-state index in [0.29, 0.717) is 6.54 Å². The van der Waals surface area contributed by atoms with Gasteiger partial charge in [0.1, 0.15) is 0 Å². The minimum Gasteiger partial charge on any atom is -0.323 e. The number of urea groups is 1. The number of hydrogen-bond acceptors (Lipinski definition) is 2. The smallest absolute Gasteiger partial charge is 0.321 e. The molecule has 2 amide bonds. The summed E-state index contributed by atoms with van der Waals surface area (Å²) in [5.41, 5.74) is 2.73. The maximum Gasteiger partial charge on any atom is 0.321 e. The lowest BCUT2D eigenvalue weighted by Crippen LogP contribution is -2.35. The minimum atomic E-state index is -0.102. The molecule has 19 heavy (non-hydrogen) atoms. The molecule has 3 rings (SSSR count). The Balaban J connectivity index is 1.88. The van der Waals surface area contributed by atoms with E-state index in [0.717, 1.165) is 23.2 Å². The molecule has 1 aliphatic carbocycles. The number of rotatable bonds is 2. The van der Waals surface area contributed by atoms with Gasteiger partial charge in [0.25, 0.3) is 0 Å². The van der Waals surface area contributed by atoms with Gasteiger partial charge in [0, 0.05) is 30.8 Å². The average Bonchev–Trinajstić information content (AvgIpc) is 2.98. The summed E-state index contributed by atoms with van der Waals surface area (Å²) in [4.78, 5) is 25.5. The molecule has 1 aliphatic heterocycles. The third kappa shape index (κ3) is 2.01. The zero-order valence-electron chi connectivity index (χ0n) is 11.5. The molecule has 0 aromatic heterocycles. The molecular weight excluding hydrogens is 240 g/mol. The number of nitrogens with zero attached hydrogens (tertiary/aromatic N) is 1. The number of carbonyl (C=O) groups is 2. The fourth-order valence-electron chi connectivity index (χ4n) is 2.65. The Morgan fingerprint density at radius 2 is 2.11 bits per heavy atom. The van der Waals surface area contributed by atoms with Crippen LogP contribution in [0.2, 0.25) is 0 Å². The summed E-state index contributed by atoms with van der Waals surface area (Å²) in [7, 11) is 1.75. The first kappa shape index (κ1) is 12.2. The van der Waals surface area contributed by atoms with E-state index in [4.69, 9.17) is 0 Å². The SMILES string of the molecule is CN1Cc2cc(C(=O)C3CC3(C)C)ccc2NC1=O. The van der Waals surface area contributed by atoms with Crippen LogP contribution in [0.25, 0.3) is 0 Å². The van der Waals surface area contributed by atoms with Crippen LogP contribution in [-0.4, -0.2) is 23.8 Å². The molecular formula is C15H18N2O2. The van der Waals surface area contributed by atoms with Crippen LogP contribution >= 0.6 is 0 Å². The van der Waals surface area contributed by atoms with Crippen molar-refractivity contribution >= 4 is 17.5 Å². The van der Waals surface area contributed by atoms with Gasteiger partial charge >= 0.3 is 6.03 Å². The van der Waals surface area contributed by atoms with Gasteiger partial charge in [0.05, 0.1) is 0 Å². The summed E-state index contributed by atoms with van der Waals surface area (Å²) >= 11 is 0. The number of Topliss-reactive ketones (excluding diaryl/α,β-unsaturated/α-hetero) is 1. The van der Waals surface area contributed by atoms with E-state index >= 15 is 0 Å². The number of nitrogens with one attached hydrogen (secondary N) is 1. The van der Waals surface area contributed by atoms with Gasteiger partial charge in [-0.1, -0.05) is 13.8 Å². The molecule has 1 heterocycles. The highest BCUT2D eigenvalue weighted by molar-refractivity contribution is 6.01. The maximum atomic E-state index is 12.4. The van der Waals surface area contributed by atoms with Gasteiger partial charge in [-0.2, -0.15) is 0 Å². The molecule has 100 valence electrons. The molecule has 0 radical (unpaired) electrons. The molecule has 1 fully saturated rings. The minimum absolute atomic E-state index is 0.102. The van der Waals surface area contributed by atoms with Gasteiger partial charge in [-0.15, -0.1) is 0 Å². The van der Waals surface area contributed by atoms with E-state index in [1.807, 2.05) is 18.2 Å². The Kier molecular flexibility index (Phi) is 2.46. The molecule has 2 aliphatic rings. The van der Waals surface area contributed by atoms with Crippen molar-refractivity contribution in [2.24, 2.45) is 11.3 Å². The number of benzene rings is 1. The summed E-state index contributed by atoms with van der Waals surface area (Å²) < 4.78 is 0. The molecule has 4 nitrogen and oxygen atoms in total. The van der Waals surface area contributed by atoms with E-state index in [9.17, 15) is 9.59 Å². The van der Waals surface area contributed by atoms with Gasteiger partial charge in [-0.3, -0.25) is 4.79 Å². The second-order valence-electron chi connectivity index (χ2n) is 6.27. The fraction of sp³-hybridized carbons (Fsp3) is 0.467. The first-order valence-corrected chi connectivity index (χ1v) is 6.58. The Labute approximate surface area is 112 Å². The van der Waals surface area contributed by atoms with Crippen LogP contribution in [0, 0.1) is 11.3 Å². The monoisotopic (exact) mass is 258 g/mol. The first-order valence-electron chi connectivity index (χ1n) is 6.58. The van der Waals surface area contributed by atoms with Crippen LogP contribution in [0.3, 0.4) is 0 Å². The van der Waals surface area contributed by atoms with Crippen molar-refractivity contribution in [3.05, 3.63) is 29.3 Å². The molecule has 1 aromatic rings. The highest BCUT2D eigenvalue weighted by atomic mass is 16.2. The fourth-order valence-corrected chi connectivity index (χ4v) is 2.65. The van der Waals surface area contributed by atoms with E-state index in [-0.39, 0.29) is 23.1 Å². The molecule has 1 saturated carbocycles. The Morgan fingerprint density at radius 3 is 2.74 bits per heavy atom. The molecule has 1 N–H and O–H groups in total. The molecule has 0 bridgehead atoms. The molecule has 0 spiro atoms. The van der Waals surface area contributed by atoms with Crippen molar-refractivity contribution in [1.82, 2.24) is 4.90 Å². The van der Waals surface area contributed by atoms with Crippen LogP contribution in [0.15, 0.2) is 18.2 Å². The number of fused-ring (bicyclic) bond motifs is 1. The summed E-state index contributed by atoms with van der Waals surface area (Å²) in [5, 5.41) is 2.81. The normalized spacial score (nSPS) is 23.6. The van der Waals surface area contributed by atoms with Crippen LogP contribution in [0.4, 0.5) is 10.5 Å². The van der Waals surface area contributed by atoms with Gasteiger partial charge in [-0.05, 0) is 35.6 Å². The lowest BCUT2D eigenvalue weighted by Gasteiger charge is -2.26. The second-order valence-corrected chi connectivity index (χ2v) is 6.27. The van der Waals surface area contributed by atoms with Crippen molar-refractivity contribution in [3.63, 3.8) is 0 Å². The van der Waals surface area contributed by atoms with Gasteiger partial charge < -0.3 is 10.2 Å². The van der Waals surface area contributed by atoms with E-state index in [2.05, 4.69) is 19.2 Å². The highest BCUT2D eigenvalue weighted by Gasteiger charge is 2.50. The van der Waals surface area contributed by atoms with E-state index in [1.54, 1.807) is 11.9 Å². The predicted octanol–water partition coefficient (Wildman–Crippen LogP) is 2.89. The van der Waals surface area contributed by atoms with Crippen LogP contribution in [0.1, 0.15) is 36.2 Å². The van der Waals surface area contributed by atoms with Crippen molar-refractivity contribution in [2.75, 3.05) is 12.4 Å². The largest absolute Gasteiger partial charge is 0.323 e. The lowest BCUT2D eigenvalue weighted by molar-refractivity contribution is 0.0953. The van der Waals surface area contributed by atoms with Gasteiger partial charge in [0.2, 0.25) is 0 Å².